The van der Waals surface area contributed by atoms with Crippen molar-refractivity contribution in [1.82, 2.24) is 20.2 Å². The van der Waals surface area contributed by atoms with Gasteiger partial charge in [0.2, 0.25) is 11.1 Å². The number of amides is 1. The van der Waals surface area contributed by atoms with Crippen LogP contribution in [0.1, 0.15) is 6.42 Å². The number of anilines is 1. The van der Waals surface area contributed by atoms with E-state index in [2.05, 4.69) is 20.8 Å². The van der Waals surface area contributed by atoms with Crippen LogP contribution >= 0.6 is 35.0 Å². The molecule has 1 N–H and O–H groups in total. The molecule has 1 heterocycles. The molecule has 0 saturated carbocycles. The summed E-state index contributed by atoms with van der Waals surface area (Å²) in [6.45, 7) is 0. The van der Waals surface area contributed by atoms with Gasteiger partial charge in [0.05, 0.1) is 21.4 Å². The van der Waals surface area contributed by atoms with Crippen molar-refractivity contribution in [2.75, 3.05) is 11.1 Å². The largest absolute Gasteiger partial charge is 0.324 e. The first kappa shape index (κ1) is 17.7. The summed E-state index contributed by atoms with van der Waals surface area (Å²) in [6.07, 6.45) is 0.272. The Bertz CT molecular complexity index is 852. The lowest BCUT2D eigenvalue weighted by atomic mass is 10.3. The summed E-state index contributed by atoms with van der Waals surface area (Å²) < 4.78 is 1.63. The number of aromatic nitrogens is 4. The van der Waals surface area contributed by atoms with E-state index in [0.29, 0.717) is 26.6 Å². The normalized spacial score (nSPS) is 10.6. The SMILES string of the molecule is O=C(CCSc1nnnn1-c1ccccc1)Nc1c(Cl)cccc1Cl. The van der Waals surface area contributed by atoms with Gasteiger partial charge in [-0.3, -0.25) is 4.79 Å². The van der Waals surface area contributed by atoms with Crippen LogP contribution in [0.25, 0.3) is 5.69 Å². The molecular weight excluding hydrogens is 381 g/mol. The molecule has 1 aromatic heterocycles. The minimum atomic E-state index is -0.179. The molecule has 0 aliphatic carbocycles. The zero-order valence-electron chi connectivity index (χ0n) is 12.9. The van der Waals surface area contributed by atoms with E-state index in [9.17, 15) is 4.79 Å². The van der Waals surface area contributed by atoms with E-state index >= 15 is 0 Å². The Hall–Kier alpha value is -2.09. The van der Waals surface area contributed by atoms with E-state index in [4.69, 9.17) is 23.2 Å². The number of nitrogens with zero attached hydrogens (tertiary/aromatic N) is 4. The van der Waals surface area contributed by atoms with E-state index in [0.717, 1.165) is 5.69 Å². The summed E-state index contributed by atoms with van der Waals surface area (Å²) in [5, 5.41) is 15.8. The number of tetrazole rings is 1. The summed E-state index contributed by atoms with van der Waals surface area (Å²) in [7, 11) is 0. The van der Waals surface area contributed by atoms with Gasteiger partial charge in [-0.1, -0.05) is 59.2 Å². The summed E-state index contributed by atoms with van der Waals surface area (Å²) in [5.41, 5.74) is 1.29. The third-order valence-corrected chi connectivity index (χ3v) is 4.78. The highest BCUT2D eigenvalue weighted by molar-refractivity contribution is 7.99. The molecule has 3 aromatic rings. The molecule has 0 radical (unpaired) electrons. The number of rotatable bonds is 6. The Labute approximate surface area is 158 Å². The number of hydrogen-bond donors (Lipinski definition) is 1. The molecule has 128 valence electrons. The first-order chi connectivity index (χ1) is 12.1. The molecular formula is C16H13Cl2N5OS. The van der Waals surface area contributed by atoms with E-state index in [1.54, 1.807) is 22.9 Å². The average molecular weight is 394 g/mol. The van der Waals surface area contributed by atoms with E-state index in [1.807, 2.05) is 30.3 Å². The lowest BCUT2D eigenvalue weighted by Gasteiger charge is -2.09. The first-order valence-corrected chi connectivity index (χ1v) is 9.10. The summed E-state index contributed by atoms with van der Waals surface area (Å²) >= 11 is 13.5. The van der Waals surface area contributed by atoms with Crippen molar-refractivity contribution in [3.05, 3.63) is 58.6 Å². The van der Waals surface area contributed by atoms with Gasteiger partial charge in [0, 0.05) is 12.2 Å². The Kier molecular flexibility index (Phi) is 5.91. The molecule has 0 aliphatic rings. The molecule has 0 unspecified atom stereocenters. The fourth-order valence-corrected chi connectivity index (χ4v) is 3.37. The van der Waals surface area contributed by atoms with Gasteiger partial charge in [0.1, 0.15) is 0 Å². The predicted molar refractivity (Wildman–Crippen MR) is 99.6 cm³/mol. The second kappa shape index (κ2) is 8.33. The van der Waals surface area contributed by atoms with E-state index < -0.39 is 0 Å². The third-order valence-electron chi connectivity index (χ3n) is 3.23. The fourth-order valence-electron chi connectivity index (χ4n) is 2.05. The quantitative estimate of drug-likeness (QED) is 0.638. The highest BCUT2D eigenvalue weighted by Gasteiger charge is 2.12. The Morgan fingerprint density at radius 1 is 1.08 bits per heavy atom. The van der Waals surface area contributed by atoms with Gasteiger partial charge in [-0.15, -0.1) is 5.10 Å². The minimum absolute atomic E-state index is 0.179. The Morgan fingerprint density at radius 3 is 2.52 bits per heavy atom. The predicted octanol–water partition coefficient (Wildman–Crippen LogP) is 4.09. The maximum Gasteiger partial charge on any atom is 0.225 e. The maximum absolute atomic E-state index is 12.1. The van der Waals surface area contributed by atoms with Crippen molar-refractivity contribution >= 4 is 46.6 Å². The van der Waals surface area contributed by atoms with Crippen LogP contribution in [-0.2, 0) is 4.79 Å². The van der Waals surface area contributed by atoms with Gasteiger partial charge < -0.3 is 5.32 Å². The van der Waals surface area contributed by atoms with Crippen LogP contribution in [0.4, 0.5) is 5.69 Å². The fraction of sp³-hybridized carbons (Fsp3) is 0.125. The summed E-state index contributed by atoms with van der Waals surface area (Å²) in [5.74, 6) is 0.336. The van der Waals surface area contributed by atoms with Gasteiger partial charge in [0.15, 0.2) is 0 Å². The average Bonchev–Trinajstić information content (AvgIpc) is 3.08. The zero-order chi connectivity index (χ0) is 17.6. The van der Waals surface area contributed by atoms with Gasteiger partial charge in [0.25, 0.3) is 0 Å². The van der Waals surface area contributed by atoms with E-state index in [-0.39, 0.29) is 12.3 Å². The molecule has 25 heavy (non-hydrogen) atoms. The van der Waals surface area contributed by atoms with Gasteiger partial charge in [-0.2, -0.15) is 4.68 Å². The highest BCUT2D eigenvalue weighted by atomic mass is 35.5. The van der Waals surface area contributed by atoms with Crippen LogP contribution < -0.4 is 5.32 Å². The number of thioether (sulfide) groups is 1. The zero-order valence-corrected chi connectivity index (χ0v) is 15.2. The van der Waals surface area contributed by atoms with Crippen molar-refractivity contribution in [2.45, 2.75) is 11.6 Å². The topological polar surface area (TPSA) is 72.7 Å². The third kappa shape index (κ3) is 4.50. The van der Waals surface area contributed by atoms with E-state index in [1.165, 1.54) is 11.8 Å². The number of nitrogens with one attached hydrogen (secondary N) is 1. The monoisotopic (exact) mass is 393 g/mol. The molecule has 1 amide bonds. The second-order valence-corrected chi connectivity index (χ2v) is 6.83. The maximum atomic E-state index is 12.1. The lowest BCUT2D eigenvalue weighted by Crippen LogP contribution is -2.13. The number of carbonyl (C=O) groups is 1. The van der Waals surface area contributed by atoms with Crippen LogP contribution in [0, 0.1) is 0 Å². The molecule has 0 atom stereocenters. The molecule has 9 heteroatoms. The molecule has 6 nitrogen and oxygen atoms in total. The Balaban J connectivity index is 1.57. The van der Waals surface area contributed by atoms with Crippen molar-refractivity contribution < 1.29 is 4.79 Å². The van der Waals surface area contributed by atoms with Crippen LogP contribution in [0.2, 0.25) is 10.0 Å². The minimum Gasteiger partial charge on any atom is -0.324 e. The van der Waals surface area contributed by atoms with Crippen molar-refractivity contribution in [3.63, 3.8) is 0 Å². The number of benzene rings is 2. The van der Waals surface area contributed by atoms with Crippen molar-refractivity contribution in [1.29, 1.82) is 0 Å². The number of para-hydroxylation sites is 2. The highest BCUT2D eigenvalue weighted by Crippen LogP contribution is 2.30. The standard InChI is InChI=1S/C16H13Cl2N5OS/c17-12-7-4-8-13(18)15(12)19-14(24)9-10-25-16-20-21-22-23(16)11-5-2-1-3-6-11/h1-8H,9-10H2,(H,19,24). The second-order valence-electron chi connectivity index (χ2n) is 4.95. The summed E-state index contributed by atoms with van der Waals surface area (Å²) in [6, 6.07) is 14.6. The number of carbonyl (C=O) groups excluding carboxylic acids is 1. The number of hydrogen-bond acceptors (Lipinski definition) is 5. The lowest BCUT2D eigenvalue weighted by molar-refractivity contribution is -0.115. The molecule has 2 aromatic carbocycles. The molecule has 0 fully saturated rings. The molecule has 0 saturated heterocycles. The first-order valence-electron chi connectivity index (χ1n) is 7.35. The van der Waals surface area contributed by atoms with Crippen LogP contribution in [-0.4, -0.2) is 31.9 Å². The molecule has 0 spiro atoms. The number of halogens is 2. The summed E-state index contributed by atoms with van der Waals surface area (Å²) in [4.78, 5) is 12.1. The van der Waals surface area contributed by atoms with Gasteiger partial charge in [-0.05, 0) is 34.7 Å². The molecule has 3 rings (SSSR count). The van der Waals surface area contributed by atoms with Crippen LogP contribution in [0.5, 0.6) is 0 Å². The van der Waals surface area contributed by atoms with Crippen LogP contribution in [0.3, 0.4) is 0 Å². The van der Waals surface area contributed by atoms with Crippen molar-refractivity contribution in [3.8, 4) is 5.69 Å². The smallest absolute Gasteiger partial charge is 0.225 e. The van der Waals surface area contributed by atoms with Crippen molar-refractivity contribution in [2.24, 2.45) is 0 Å². The Morgan fingerprint density at radius 2 is 1.80 bits per heavy atom. The molecule has 0 aliphatic heterocycles. The van der Waals surface area contributed by atoms with Gasteiger partial charge >= 0.3 is 0 Å². The molecule has 0 bridgehead atoms. The van der Waals surface area contributed by atoms with Crippen LogP contribution in [0.15, 0.2) is 53.7 Å². The van der Waals surface area contributed by atoms with Gasteiger partial charge in [-0.25, -0.2) is 0 Å².